The minimum absolute atomic E-state index is 0.140. The number of nitro benzene ring substituents is 1. The molecule has 2 N–H and O–H groups in total. The molecule has 0 spiro atoms. The van der Waals surface area contributed by atoms with E-state index < -0.39 is 10.9 Å². The number of benzene rings is 2. The van der Waals surface area contributed by atoms with Crippen LogP contribution in [0.3, 0.4) is 0 Å². The third-order valence-corrected chi connectivity index (χ3v) is 3.12. The highest BCUT2D eigenvalue weighted by atomic mass is 16.6. The first kappa shape index (κ1) is 14.7. The summed E-state index contributed by atoms with van der Waals surface area (Å²) >= 11 is 0. The van der Waals surface area contributed by atoms with E-state index in [1.165, 1.54) is 25.3 Å². The molecule has 21 heavy (non-hydrogen) atoms. The van der Waals surface area contributed by atoms with E-state index in [2.05, 4.69) is 0 Å². The van der Waals surface area contributed by atoms with Gasteiger partial charge in [0.15, 0.2) is 0 Å². The monoisotopic (exact) mass is 286 g/mol. The van der Waals surface area contributed by atoms with Crippen LogP contribution in [0, 0.1) is 10.1 Å². The summed E-state index contributed by atoms with van der Waals surface area (Å²) in [5.74, 6) is -0.614. The largest absolute Gasteiger partial charge is 0.465 e. The molecular weight excluding hydrogens is 272 g/mol. The Morgan fingerprint density at radius 3 is 2.43 bits per heavy atom. The van der Waals surface area contributed by atoms with E-state index in [9.17, 15) is 14.9 Å². The Kier molecular flexibility index (Phi) is 4.30. The Bertz CT molecular complexity index is 681. The molecule has 0 bridgehead atoms. The summed E-state index contributed by atoms with van der Waals surface area (Å²) in [6, 6.07) is 11.3. The van der Waals surface area contributed by atoms with Gasteiger partial charge < -0.3 is 10.5 Å². The molecule has 0 saturated heterocycles. The van der Waals surface area contributed by atoms with Crippen molar-refractivity contribution in [3.8, 4) is 11.1 Å². The second-order valence-corrected chi connectivity index (χ2v) is 4.35. The smallest absolute Gasteiger partial charge is 0.338 e. The molecule has 0 fully saturated rings. The second-order valence-electron chi connectivity index (χ2n) is 4.35. The van der Waals surface area contributed by atoms with Gasteiger partial charge in [0.1, 0.15) is 0 Å². The van der Waals surface area contributed by atoms with Gasteiger partial charge in [-0.1, -0.05) is 30.3 Å². The van der Waals surface area contributed by atoms with Crippen LogP contribution in [0.4, 0.5) is 5.69 Å². The molecule has 2 aromatic rings. The number of hydrogen-bond acceptors (Lipinski definition) is 5. The fourth-order valence-corrected chi connectivity index (χ4v) is 2.08. The number of rotatable bonds is 4. The molecule has 2 rings (SSSR count). The predicted molar refractivity (Wildman–Crippen MR) is 77.8 cm³/mol. The number of nitro groups is 1. The van der Waals surface area contributed by atoms with Crippen LogP contribution in [0.1, 0.15) is 15.9 Å². The van der Waals surface area contributed by atoms with E-state index in [1.54, 1.807) is 24.3 Å². The second kappa shape index (κ2) is 6.15. The van der Waals surface area contributed by atoms with Crippen LogP contribution in [0.2, 0.25) is 0 Å². The van der Waals surface area contributed by atoms with Gasteiger partial charge in [0.05, 0.1) is 23.2 Å². The molecule has 0 radical (unpaired) electrons. The highest BCUT2D eigenvalue weighted by molar-refractivity contribution is 6.00. The lowest BCUT2D eigenvalue weighted by molar-refractivity contribution is -0.384. The molecule has 0 aliphatic carbocycles. The van der Waals surface area contributed by atoms with Crippen molar-refractivity contribution in [3.05, 3.63) is 63.7 Å². The Hall–Kier alpha value is -2.73. The third kappa shape index (κ3) is 2.90. The highest BCUT2D eigenvalue weighted by Gasteiger charge is 2.23. The van der Waals surface area contributed by atoms with Crippen molar-refractivity contribution in [2.45, 2.75) is 6.54 Å². The first-order valence-corrected chi connectivity index (χ1v) is 6.23. The third-order valence-electron chi connectivity index (χ3n) is 3.12. The Labute approximate surface area is 121 Å². The maximum Gasteiger partial charge on any atom is 0.338 e. The quantitative estimate of drug-likeness (QED) is 0.529. The lowest BCUT2D eigenvalue weighted by atomic mass is 9.97. The van der Waals surface area contributed by atoms with Gasteiger partial charge in [0.2, 0.25) is 0 Å². The van der Waals surface area contributed by atoms with Crippen LogP contribution in [0.25, 0.3) is 11.1 Å². The molecule has 0 amide bonds. The summed E-state index contributed by atoms with van der Waals surface area (Å²) in [5.41, 5.74) is 7.27. The molecule has 0 unspecified atom stereocenters. The maximum atomic E-state index is 11.8. The van der Waals surface area contributed by atoms with E-state index in [-0.39, 0.29) is 16.8 Å². The standard InChI is InChI=1S/C15H14N2O4/c1-21-15(18)12-3-2-4-13(17(19)20)14(12)11-7-5-10(9-16)6-8-11/h2-8H,9,16H2,1H3. The first-order chi connectivity index (χ1) is 10.1. The van der Waals surface area contributed by atoms with Gasteiger partial charge in [0.25, 0.3) is 5.69 Å². The average molecular weight is 286 g/mol. The van der Waals surface area contributed by atoms with Gasteiger partial charge in [-0.3, -0.25) is 10.1 Å². The number of esters is 1. The zero-order valence-electron chi connectivity index (χ0n) is 11.4. The molecule has 0 atom stereocenters. The molecule has 2 aromatic carbocycles. The lowest BCUT2D eigenvalue weighted by Gasteiger charge is -2.09. The lowest BCUT2D eigenvalue weighted by Crippen LogP contribution is -2.06. The number of hydrogen-bond donors (Lipinski definition) is 1. The van der Waals surface area contributed by atoms with Gasteiger partial charge >= 0.3 is 5.97 Å². The van der Waals surface area contributed by atoms with Crippen LogP contribution in [-0.4, -0.2) is 18.0 Å². The van der Waals surface area contributed by atoms with Gasteiger partial charge in [0, 0.05) is 12.6 Å². The van der Waals surface area contributed by atoms with Crippen molar-refractivity contribution in [1.82, 2.24) is 0 Å². The molecular formula is C15H14N2O4. The van der Waals surface area contributed by atoms with E-state index in [0.29, 0.717) is 12.1 Å². The van der Waals surface area contributed by atoms with Crippen LogP contribution >= 0.6 is 0 Å². The molecule has 0 heterocycles. The number of carbonyl (C=O) groups excluding carboxylic acids is 1. The summed E-state index contributed by atoms with van der Waals surface area (Å²) in [6.07, 6.45) is 0. The van der Waals surface area contributed by atoms with E-state index >= 15 is 0 Å². The first-order valence-electron chi connectivity index (χ1n) is 6.23. The topological polar surface area (TPSA) is 95.5 Å². The van der Waals surface area contributed by atoms with Crippen LogP contribution in [0.15, 0.2) is 42.5 Å². The van der Waals surface area contributed by atoms with E-state index in [0.717, 1.165) is 5.56 Å². The molecule has 0 aromatic heterocycles. The van der Waals surface area contributed by atoms with Crippen molar-refractivity contribution in [3.63, 3.8) is 0 Å². The summed E-state index contributed by atoms with van der Waals surface area (Å²) in [6.45, 7) is 0.376. The SMILES string of the molecule is COC(=O)c1cccc([N+](=O)[O-])c1-c1ccc(CN)cc1. The number of nitrogens with zero attached hydrogens (tertiary/aromatic N) is 1. The van der Waals surface area contributed by atoms with Crippen molar-refractivity contribution in [2.75, 3.05) is 7.11 Å². The Morgan fingerprint density at radius 2 is 1.90 bits per heavy atom. The van der Waals surface area contributed by atoms with Gasteiger partial charge in [-0.15, -0.1) is 0 Å². The Morgan fingerprint density at radius 1 is 1.24 bits per heavy atom. The van der Waals surface area contributed by atoms with Crippen molar-refractivity contribution < 1.29 is 14.5 Å². The van der Waals surface area contributed by atoms with Crippen molar-refractivity contribution >= 4 is 11.7 Å². The van der Waals surface area contributed by atoms with Crippen LogP contribution in [-0.2, 0) is 11.3 Å². The molecule has 108 valence electrons. The molecule has 0 aliphatic rings. The molecule has 0 aliphatic heterocycles. The fraction of sp³-hybridized carbons (Fsp3) is 0.133. The van der Waals surface area contributed by atoms with E-state index in [4.69, 9.17) is 10.5 Å². The van der Waals surface area contributed by atoms with Crippen LogP contribution in [0.5, 0.6) is 0 Å². The average Bonchev–Trinajstić information content (AvgIpc) is 2.53. The predicted octanol–water partition coefficient (Wildman–Crippen LogP) is 2.51. The van der Waals surface area contributed by atoms with Gasteiger partial charge in [-0.25, -0.2) is 4.79 Å². The molecule has 6 heteroatoms. The highest BCUT2D eigenvalue weighted by Crippen LogP contribution is 2.33. The minimum atomic E-state index is -0.614. The Balaban J connectivity index is 2.67. The summed E-state index contributed by atoms with van der Waals surface area (Å²) in [4.78, 5) is 22.5. The fourth-order valence-electron chi connectivity index (χ4n) is 2.08. The number of carbonyl (C=O) groups is 1. The van der Waals surface area contributed by atoms with Gasteiger partial charge in [-0.05, 0) is 17.2 Å². The van der Waals surface area contributed by atoms with Crippen molar-refractivity contribution in [1.29, 1.82) is 0 Å². The molecule has 0 saturated carbocycles. The number of nitrogens with two attached hydrogens (primary N) is 1. The van der Waals surface area contributed by atoms with Crippen molar-refractivity contribution in [2.24, 2.45) is 5.73 Å². The summed E-state index contributed by atoms with van der Waals surface area (Å²) in [5, 5.41) is 11.2. The summed E-state index contributed by atoms with van der Waals surface area (Å²) in [7, 11) is 1.24. The zero-order chi connectivity index (χ0) is 15.4. The normalized spacial score (nSPS) is 10.2. The zero-order valence-corrected chi connectivity index (χ0v) is 11.4. The molecule has 6 nitrogen and oxygen atoms in total. The van der Waals surface area contributed by atoms with E-state index in [1.807, 2.05) is 0 Å². The van der Waals surface area contributed by atoms with Gasteiger partial charge in [-0.2, -0.15) is 0 Å². The minimum Gasteiger partial charge on any atom is -0.465 e. The summed E-state index contributed by atoms with van der Waals surface area (Å²) < 4.78 is 4.70. The number of methoxy groups -OCH3 is 1. The maximum absolute atomic E-state index is 11.8. The van der Waals surface area contributed by atoms with Crippen LogP contribution < -0.4 is 5.73 Å². The number of ether oxygens (including phenoxy) is 1.